The third-order valence-corrected chi connectivity index (χ3v) is 7.26. The van der Waals surface area contributed by atoms with Crippen LogP contribution in [0, 0.1) is 6.57 Å². The van der Waals surface area contributed by atoms with Gasteiger partial charge in [0.15, 0.2) is 11.9 Å². The summed E-state index contributed by atoms with van der Waals surface area (Å²) in [6.07, 6.45) is 2.11. The lowest BCUT2D eigenvalue weighted by atomic mass is 9.99. The predicted octanol–water partition coefficient (Wildman–Crippen LogP) is 6.31. The molecule has 1 aliphatic rings. The van der Waals surface area contributed by atoms with Crippen molar-refractivity contribution in [3.05, 3.63) is 78.4 Å². The summed E-state index contributed by atoms with van der Waals surface area (Å²) in [5, 5.41) is 0.886. The number of alkyl halides is 1. The van der Waals surface area contributed by atoms with Crippen molar-refractivity contribution in [2.24, 2.45) is 0 Å². The highest BCUT2D eigenvalue weighted by Crippen LogP contribution is 2.39. The van der Waals surface area contributed by atoms with Gasteiger partial charge in [0, 0.05) is 59.6 Å². The van der Waals surface area contributed by atoms with E-state index in [1.54, 1.807) is 24.1 Å². The number of piperazine rings is 1. The molecular weight excluding hydrogens is 493 g/mol. The Kier molecular flexibility index (Phi) is 7.16. The Hall–Kier alpha value is -4.51. The van der Waals surface area contributed by atoms with Crippen LogP contribution in [-0.2, 0) is 4.79 Å². The second-order valence-electron chi connectivity index (χ2n) is 9.94. The van der Waals surface area contributed by atoms with Crippen molar-refractivity contribution >= 4 is 28.3 Å². The smallest absolute Gasteiger partial charge is 0.257 e. The maximum Gasteiger partial charge on any atom is 0.257 e. The molecule has 1 aliphatic heterocycles. The van der Waals surface area contributed by atoms with Crippen molar-refractivity contribution in [1.82, 2.24) is 14.9 Å². The fourth-order valence-corrected chi connectivity index (χ4v) is 5.45. The van der Waals surface area contributed by atoms with Gasteiger partial charge in [-0.15, -0.1) is 0 Å². The molecule has 7 nitrogen and oxygen atoms in total. The number of methoxy groups -OCH3 is 1. The zero-order valence-electron chi connectivity index (χ0n) is 22.4. The van der Waals surface area contributed by atoms with E-state index in [9.17, 15) is 9.18 Å². The summed E-state index contributed by atoms with van der Waals surface area (Å²) in [4.78, 5) is 29.1. The van der Waals surface area contributed by atoms with Crippen LogP contribution in [0.25, 0.3) is 38.0 Å². The number of halogens is 1. The van der Waals surface area contributed by atoms with Crippen molar-refractivity contribution in [3.8, 4) is 28.0 Å². The molecule has 39 heavy (non-hydrogen) atoms. The van der Waals surface area contributed by atoms with Crippen LogP contribution in [0.4, 0.5) is 15.9 Å². The largest absolute Gasteiger partial charge is 0.495 e. The highest BCUT2D eigenvalue weighted by Gasteiger charge is 2.35. The lowest BCUT2D eigenvalue weighted by Gasteiger charge is -2.45. The minimum absolute atomic E-state index is 0.127. The van der Waals surface area contributed by atoms with Crippen LogP contribution in [0.15, 0.2) is 67.0 Å². The van der Waals surface area contributed by atoms with Crippen molar-refractivity contribution in [2.75, 3.05) is 25.1 Å². The van der Waals surface area contributed by atoms with Gasteiger partial charge in [-0.25, -0.2) is 14.2 Å². The summed E-state index contributed by atoms with van der Waals surface area (Å²) in [6, 6.07) is 17.2. The number of rotatable bonds is 5. The van der Waals surface area contributed by atoms with Gasteiger partial charge in [0.25, 0.3) is 5.91 Å². The first kappa shape index (κ1) is 26.1. The molecule has 1 unspecified atom stereocenters. The molecule has 0 spiro atoms. The number of pyridine rings is 2. The van der Waals surface area contributed by atoms with Crippen LogP contribution in [0.3, 0.4) is 0 Å². The molecule has 3 heterocycles. The molecule has 1 saturated heterocycles. The SMILES string of the molecule is [C-]#[N+]c1ccc(-c2cccc3c(OC)c(-c4ccc(N5C[C@@H](C)N(C(=O)C(C)F)[C@@H](C)C5)nc4)cnc23)cc1. The zero-order chi connectivity index (χ0) is 27.7. The van der Waals surface area contributed by atoms with Gasteiger partial charge in [-0.2, -0.15) is 0 Å². The molecule has 198 valence electrons. The van der Waals surface area contributed by atoms with Crippen LogP contribution in [0.5, 0.6) is 5.75 Å². The number of carbonyl (C=O) groups excluding carboxylic acids is 1. The van der Waals surface area contributed by atoms with Crippen molar-refractivity contribution < 1.29 is 13.9 Å². The van der Waals surface area contributed by atoms with Crippen molar-refractivity contribution in [3.63, 3.8) is 0 Å². The van der Waals surface area contributed by atoms with Gasteiger partial charge in [-0.1, -0.05) is 36.4 Å². The first-order chi connectivity index (χ1) is 18.8. The monoisotopic (exact) mass is 523 g/mol. The summed E-state index contributed by atoms with van der Waals surface area (Å²) in [5.74, 6) is 1.05. The number of aromatic nitrogens is 2. The third-order valence-electron chi connectivity index (χ3n) is 7.26. The van der Waals surface area contributed by atoms with E-state index >= 15 is 0 Å². The maximum atomic E-state index is 13.7. The van der Waals surface area contributed by atoms with E-state index in [1.165, 1.54) is 6.92 Å². The second kappa shape index (κ2) is 10.7. The number of ether oxygens (including phenoxy) is 1. The Balaban J connectivity index is 1.44. The Bertz CT molecular complexity index is 1530. The predicted molar refractivity (Wildman–Crippen MR) is 152 cm³/mol. The molecule has 2 aromatic carbocycles. The van der Waals surface area contributed by atoms with Gasteiger partial charge in [0.1, 0.15) is 11.6 Å². The maximum absolute atomic E-state index is 13.7. The number of benzene rings is 2. The highest BCUT2D eigenvalue weighted by molar-refractivity contribution is 6.00. The lowest BCUT2D eigenvalue weighted by molar-refractivity contribution is -0.140. The number of carbonyl (C=O) groups is 1. The van der Waals surface area contributed by atoms with Gasteiger partial charge in [0.05, 0.1) is 19.2 Å². The first-order valence-electron chi connectivity index (χ1n) is 12.9. The highest BCUT2D eigenvalue weighted by atomic mass is 19.1. The lowest BCUT2D eigenvalue weighted by Crippen LogP contribution is -2.60. The normalized spacial score (nSPS) is 18.1. The molecule has 1 amide bonds. The number of hydrogen-bond acceptors (Lipinski definition) is 5. The Morgan fingerprint density at radius 3 is 2.28 bits per heavy atom. The van der Waals surface area contributed by atoms with E-state index in [0.717, 1.165) is 39.0 Å². The summed E-state index contributed by atoms with van der Waals surface area (Å²) < 4.78 is 19.6. The fraction of sp³-hybridized carbons (Fsp3) is 0.290. The molecule has 0 saturated carbocycles. The number of nitrogens with zero attached hydrogens (tertiary/aromatic N) is 5. The Morgan fingerprint density at radius 1 is 1.00 bits per heavy atom. The molecule has 0 N–H and O–H groups in total. The molecule has 0 bridgehead atoms. The molecule has 5 rings (SSSR count). The topological polar surface area (TPSA) is 62.9 Å². The number of fused-ring (bicyclic) bond motifs is 1. The van der Waals surface area contributed by atoms with Gasteiger partial charge >= 0.3 is 0 Å². The van der Waals surface area contributed by atoms with E-state index in [2.05, 4.69) is 9.74 Å². The number of hydrogen-bond donors (Lipinski definition) is 0. The standard InChI is InChI=1S/C31H30FN5O2/c1-19-17-36(18-20(2)37(19)31(38)21(3)32)28-14-11-23(15-34-28)27-16-35-29-25(7-6-8-26(29)30(27)39-5)22-9-12-24(33-4)13-10-22/h6-16,19-21H,17-18H2,1-3,5H3/t19-,20+,21?. The summed E-state index contributed by atoms with van der Waals surface area (Å²) in [6.45, 7) is 13.5. The third kappa shape index (κ3) is 4.88. The minimum Gasteiger partial charge on any atom is -0.495 e. The minimum atomic E-state index is -1.51. The first-order valence-corrected chi connectivity index (χ1v) is 12.9. The van der Waals surface area contributed by atoms with Crippen LogP contribution < -0.4 is 9.64 Å². The molecular formula is C31H30FN5O2. The van der Waals surface area contributed by atoms with Gasteiger partial charge < -0.3 is 14.5 Å². The van der Waals surface area contributed by atoms with E-state index in [1.807, 2.05) is 68.7 Å². The van der Waals surface area contributed by atoms with Gasteiger partial charge in [-0.05, 0) is 44.5 Å². The fourth-order valence-electron chi connectivity index (χ4n) is 5.45. The molecule has 1 fully saturated rings. The number of anilines is 1. The van der Waals surface area contributed by atoms with Crippen LogP contribution in [0.1, 0.15) is 20.8 Å². The van der Waals surface area contributed by atoms with E-state index in [0.29, 0.717) is 24.5 Å². The number of amides is 1. The quantitative estimate of drug-likeness (QED) is 0.287. The molecule has 0 aliphatic carbocycles. The second-order valence-corrected chi connectivity index (χ2v) is 9.94. The Morgan fingerprint density at radius 2 is 1.69 bits per heavy atom. The van der Waals surface area contributed by atoms with Crippen LogP contribution >= 0.6 is 0 Å². The van der Waals surface area contributed by atoms with E-state index in [-0.39, 0.29) is 12.1 Å². The van der Waals surface area contributed by atoms with Crippen molar-refractivity contribution in [2.45, 2.75) is 39.0 Å². The van der Waals surface area contributed by atoms with Gasteiger partial charge in [0.2, 0.25) is 0 Å². The number of para-hydroxylation sites is 1. The zero-order valence-corrected chi connectivity index (χ0v) is 22.4. The van der Waals surface area contributed by atoms with Gasteiger partial charge in [-0.3, -0.25) is 9.78 Å². The molecule has 3 atom stereocenters. The molecule has 0 radical (unpaired) electrons. The molecule has 4 aromatic rings. The van der Waals surface area contributed by atoms with Crippen LogP contribution in [-0.4, -0.2) is 59.2 Å². The van der Waals surface area contributed by atoms with Crippen molar-refractivity contribution in [1.29, 1.82) is 0 Å². The summed E-state index contributed by atoms with van der Waals surface area (Å²) >= 11 is 0. The Labute approximate surface area is 227 Å². The molecule has 8 heteroatoms. The van der Waals surface area contributed by atoms with E-state index < -0.39 is 12.1 Å². The summed E-state index contributed by atoms with van der Waals surface area (Å²) in [7, 11) is 1.65. The van der Waals surface area contributed by atoms with E-state index in [4.69, 9.17) is 21.3 Å². The van der Waals surface area contributed by atoms with Crippen LogP contribution in [0.2, 0.25) is 0 Å². The molecule has 2 aromatic heterocycles. The average Bonchev–Trinajstić information content (AvgIpc) is 2.95. The summed E-state index contributed by atoms with van der Waals surface area (Å²) in [5.41, 5.74) is 5.06. The average molecular weight is 524 g/mol.